The lowest BCUT2D eigenvalue weighted by molar-refractivity contribution is -0.137. The molecular weight excluding hydrogens is 321 g/mol. The highest BCUT2D eigenvalue weighted by molar-refractivity contribution is 6.95. The van der Waals surface area contributed by atoms with Crippen molar-refractivity contribution < 1.29 is 13.2 Å². The summed E-state index contributed by atoms with van der Waals surface area (Å²) in [5.74, 6) is 0. The van der Waals surface area contributed by atoms with Gasteiger partial charge < -0.3 is 0 Å². The number of rotatable bonds is 2. The van der Waals surface area contributed by atoms with Gasteiger partial charge in [-0.1, -0.05) is 35.3 Å². The number of hydrogen-bond donors (Lipinski definition) is 0. The maximum atomic E-state index is 12.4. The van der Waals surface area contributed by atoms with E-state index >= 15 is 0 Å². The number of benzene rings is 1. The standard InChI is InChI=1S/C9H4Cl4F3N/c10-7(11)17-8(12,13)5-2-1-3-6(4-5)9(14,15)16/h1-4H. The van der Waals surface area contributed by atoms with Crippen LogP contribution in [0.1, 0.15) is 11.1 Å². The van der Waals surface area contributed by atoms with Gasteiger partial charge in [0, 0.05) is 5.56 Å². The molecule has 1 rings (SSSR count). The molecule has 1 aromatic rings. The molecule has 0 N–H and O–H groups in total. The summed E-state index contributed by atoms with van der Waals surface area (Å²) in [5, 5.41) is 0. The van der Waals surface area contributed by atoms with Crippen LogP contribution in [0.5, 0.6) is 0 Å². The predicted octanol–water partition coefficient (Wildman–Crippen LogP) is 5.13. The monoisotopic (exact) mass is 323 g/mol. The zero-order valence-corrected chi connectivity index (χ0v) is 10.9. The van der Waals surface area contributed by atoms with Gasteiger partial charge in [0.25, 0.3) is 0 Å². The summed E-state index contributed by atoms with van der Waals surface area (Å²) in [6, 6.07) is 4.12. The number of halogens is 7. The van der Waals surface area contributed by atoms with Gasteiger partial charge in [-0.05, 0) is 35.3 Å². The van der Waals surface area contributed by atoms with Crippen molar-refractivity contribution in [3.8, 4) is 0 Å². The van der Waals surface area contributed by atoms with E-state index in [0.29, 0.717) is 0 Å². The Morgan fingerprint density at radius 2 is 1.59 bits per heavy atom. The van der Waals surface area contributed by atoms with Gasteiger partial charge in [0.05, 0.1) is 5.56 Å². The quantitative estimate of drug-likeness (QED) is 0.406. The van der Waals surface area contributed by atoms with Crippen LogP contribution in [0.25, 0.3) is 0 Å². The van der Waals surface area contributed by atoms with Crippen LogP contribution in [0.2, 0.25) is 0 Å². The molecule has 0 aliphatic carbocycles. The molecule has 1 nitrogen and oxygen atoms in total. The van der Waals surface area contributed by atoms with Crippen molar-refractivity contribution in [2.24, 2.45) is 4.99 Å². The summed E-state index contributed by atoms with van der Waals surface area (Å²) >= 11 is 22.0. The fraction of sp³-hybridized carbons (Fsp3) is 0.222. The lowest BCUT2D eigenvalue weighted by Gasteiger charge is -2.16. The molecular formula is C9H4Cl4F3N. The molecule has 0 unspecified atom stereocenters. The van der Waals surface area contributed by atoms with E-state index in [0.717, 1.165) is 18.2 Å². The molecule has 0 bridgehead atoms. The summed E-state index contributed by atoms with van der Waals surface area (Å²) in [6.45, 7) is 0. The highest BCUT2D eigenvalue weighted by Crippen LogP contribution is 2.39. The third-order valence-corrected chi connectivity index (χ3v) is 2.54. The van der Waals surface area contributed by atoms with Gasteiger partial charge in [-0.15, -0.1) is 0 Å². The van der Waals surface area contributed by atoms with E-state index in [-0.39, 0.29) is 5.56 Å². The van der Waals surface area contributed by atoms with Crippen LogP contribution in [0, 0.1) is 0 Å². The second-order valence-corrected chi connectivity index (χ2v) is 5.17. The van der Waals surface area contributed by atoms with E-state index in [4.69, 9.17) is 46.4 Å². The lowest BCUT2D eigenvalue weighted by Crippen LogP contribution is -2.11. The summed E-state index contributed by atoms with van der Waals surface area (Å²) in [5.41, 5.74) is -0.962. The molecule has 0 saturated carbocycles. The molecule has 0 aromatic heterocycles. The number of hydrogen-bond acceptors (Lipinski definition) is 1. The minimum atomic E-state index is -4.49. The maximum absolute atomic E-state index is 12.4. The first kappa shape index (κ1) is 14.9. The minimum Gasteiger partial charge on any atom is -0.219 e. The fourth-order valence-electron chi connectivity index (χ4n) is 1.05. The molecule has 0 aliphatic rings. The molecule has 0 aliphatic heterocycles. The van der Waals surface area contributed by atoms with Crippen LogP contribution in [-0.2, 0) is 10.6 Å². The van der Waals surface area contributed by atoms with Gasteiger partial charge in [0.2, 0.25) is 4.46 Å². The van der Waals surface area contributed by atoms with E-state index in [1.807, 2.05) is 0 Å². The van der Waals surface area contributed by atoms with Crippen LogP contribution in [0.15, 0.2) is 29.3 Å². The number of nitrogens with zero attached hydrogens (tertiary/aromatic N) is 1. The topological polar surface area (TPSA) is 12.4 Å². The first-order valence-electron chi connectivity index (χ1n) is 4.09. The Labute approximate surface area is 115 Å². The van der Waals surface area contributed by atoms with E-state index in [1.165, 1.54) is 6.07 Å². The SMILES string of the molecule is FC(F)(F)c1cccc(C(Cl)(Cl)N=C(Cl)Cl)c1. The third kappa shape index (κ3) is 4.21. The number of alkyl halides is 5. The molecule has 0 amide bonds. The lowest BCUT2D eigenvalue weighted by atomic mass is 10.1. The van der Waals surface area contributed by atoms with Gasteiger partial charge in [-0.25, -0.2) is 4.99 Å². The Morgan fingerprint density at radius 3 is 2.06 bits per heavy atom. The van der Waals surface area contributed by atoms with Crippen LogP contribution in [-0.4, -0.2) is 4.63 Å². The van der Waals surface area contributed by atoms with Crippen LogP contribution in [0.3, 0.4) is 0 Å². The van der Waals surface area contributed by atoms with E-state index < -0.39 is 20.8 Å². The summed E-state index contributed by atoms with van der Waals surface area (Å²) < 4.78 is 34.9. The van der Waals surface area contributed by atoms with Crippen molar-refractivity contribution >= 4 is 51.0 Å². The minimum absolute atomic E-state index is 0.0746. The maximum Gasteiger partial charge on any atom is 0.416 e. The Hall–Kier alpha value is -0.160. The molecule has 17 heavy (non-hydrogen) atoms. The van der Waals surface area contributed by atoms with Crippen molar-refractivity contribution in [1.82, 2.24) is 0 Å². The third-order valence-electron chi connectivity index (χ3n) is 1.76. The zero-order valence-electron chi connectivity index (χ0n) is 7.90. The normalized spacial score (nSPS) is 12.4. The van der Waals surface area contributed by atoms with Gasteiger partial charge >= 0.3 is 6.18 Å². The largest absolute Gasteiger partial charge is 0.416 e. The van der Waals surface area contributed by atoms with Gasteiger partial charge in [-0.2, -0.15) is 13.2 Å². The molecule has 0 atom stereocenters. The van der Waals surface area contributed by atoms with E-state index in [9.17, 15) is 13.2 Å². The average Bonchev–Trinajstić information content (AvgIpc) is 2.14. The number of aliphatic imine (C=N–C) groups is 1. The van der Waals surface area contributed by atoms with Crippen molar-refractivity contribution in [2.75, 3.05) is 0 Å². The first-order valence-corrected chi connectivity index (χ1v) is 5.60. The van der Waals surface area contributed by atoms with E-state index in [2.05, 4.69) is 4.99 Å². The van der Waals surface area contributed by atoms with Crippen molar-refractivity contribution in [1.29, 1.82) is 0 Å². The highest BCUT2D eigenvalue weighted by Gasteiger charge is 2.33. The second kappa shape index (κ2) is 5.22. The second-order valence-electron chi connectivity index (χ2n) is 2.97. The predicted molar refractivity (Wildman–Crippen MR) is 64.0 cm³/mol. The fourth-order valence-corrected chi connectivity index (χ4v) is 1.88. The van der Waals surface area contributed by atoms with Crippen molar-refractivity contribution in [3.05, 3.63) is 35.4 Å². The van der Waals surface area contributed by atoms with Gasteiger partial charge in [0.1, 0.15) is 0 Å². The van der Waals surface area contributed by atoms with Crippen molar-refractivity contribution in [2.45, 2.75) is 10.6 Å². The highest BCUT2D eigenvalue weighted by atomic mass is 35.5. The van der Waals surface area contributed by atoms with Gasteiger partial charge in [0.15, 0.2) is 4.63 Å². The van der Waals surface area contributed by atoms with E-state index in [1.54, 1.807) is 0 Å². The van der Waals surface area contributed by atoms with Gasteiger partial charge in [-0.3, -0.25) is 0 Å². The Kier molecular flexibility index (Phi) is 4.58. The summed E-state index contributed by atoms with van der Waals surface area (Å²) in [7, 11) is 0. The van der Waals surface area contributed by atoms with Crippen molar-refractivity contribution in [3.63, 3.8) is 0 Å². The molecule has 1 aromatic carbocycles. The molecule has 0 heterocycles. The average molecular weight is 325 g/mol. The Balaban J connectivity index is 3.21. The Bertz CT molecular complexity index is 438. The first-order chi connectivity index (χ1) is 7.63. The molecule has 8 heteroatoms. The molecule has 0 saturated heterocycles. The zero-order chi connectivity index (χ0) is 13.3. The van der Waals surface area contributed by atoms with Crippen LogP contribution in [0.4, 0.5) is 13.2 Å². The van der Waals surface area contributed by atoms with Crippen LogP contribution < -0.4 is 0 Å². The Morgan fingerprint density at radius 1 is 1.06 bits per heavy atom. The molecule has 0 radical (unpaired) electrons. The smallest absolute Gasteiger partial charge is 0.219 e. The molecule has 0 spiro atoms. The summed E-state index contributed by atoms with van der Waals surface area (Å²) in [4.78, 5) is 3.41. The molecule has 0 fully saturated rings. The summed E-state index contributed by atoms with van der Waals surface area (Å²) in [6.07, 6.45) is -4.49. The van der Waals surface area contributed by atoms with Crippen LogP contribution >= 0.6 is 46.4 Å². The molecule has 94 valence electrons.